The van der Waals surface area contributed by atoms with Gasteiger partial charge >= 0.3 is 0 Å². The van der Waals surface area contributed by atoms with E-state index in [-0.39, 0.29) is 11.9 Å². The molecule has 0 saturated carbocycles. The Morgan fingerprint density at radius 3 is 2.56 bits per heavy atom. The van der Waals surface area contributed by atoms with E-state index in [0.717, 1.165) is 12.2 Å². The van der Waals surface area contributed by atoms with E-state index in [0.29, 0.717) is 11.3 Å². The highest BCUT2D eigenvalue weighted by Crippen LogP contribution is 2.07. The lowest BCUT2D eigenvalue weighted by atomic mass is 10.1. The summed E-state index contributed by atoms with van der Waals surface area (Å²) in [6, 6.07) is 7.21. The first kappa shape index (κ1) is 12.9. The van der Waals surface area contributed by atoms with Crippen molar-refractivity contribution < 1.29 is 4.79 Å². The van der Waals surface area contributed by atoms with Gasteiger partial charge in [-0.3, -0.25) is 4.79 Å². The van der Waals surface area contributed by atoms with Crippen molar-refractivity contribution in [2.45, 2.75) is 19.4 Å². The van der Waals surface area contributed by atoms with Crippen LogP contribution < -0.4 is 11.1 Å². The molecule has 1 amide bonds. The van der Waals surface area contributed by atoms with Crippen molar-refractivity contribution in [3.63, 3.8) is 0 Å². The molecule has 0 aliphatic rings. The van der Waals surface area contributed by atoms with E-state index in [9.17, 15) is 4.79 Å². The lowest BCUT2D eigenvalue weighted by molar-refractivity contribution is 0.0940. The largest absolute Gasteiger partial charge is 0.399 e. The molecule has 1 unspecified atom stereocenters. The van der Waals surface area contributed by atoms with Gasteiger partial charge in [0.1, 0.15) is 0 Å². The van der Waals surface area contributed by atoms with Gasteiger partial charge in [-0.25, -0.2) is 0 Å². The molecule has 88 valence electrons. The molecule has 3 N–H and O–H groups in total. The Hall–Kier alpha value is -1.16. The number of nitrogen functional groups attached to an aromatic ring is 1. The summed E-state index contributed by atoms with van der Waals surface area (Å²) in [6.07, 6.45) is 2.99. The lowest BCUT2D eigenvalue weighted by Gasteiger charge is -2.15. The van der Waals surface area contributed by atoms with Gasteiger partial charge in [-0.05, 0) is 36.9 Å². The van der Waals surface area contributed by atoms with Crippen LogP contribution in [0.2, 0.25) is 0 Å². The van der Waals surface area contributed by atoms with Crippen LogP contribution in [-0.4, -0.2) is 24.0 Å². The van der Waals surface area contributed by atoms with E-state index in [1.807, 2.05) is 6.26 Å². The standard InChI is InChI=1S/C12H18N2OS/c1-3-11(8-16-2)14-12(15)9-4-6-10(13)7-5-9/h4-7,11H,3,8,13H2,1-2H3,(H,14,15). The number of hydrogen-bond acceptors (Lipinski definition) is 3. The maximum atomic E-state index is 11.8. The van der Waals surface area contributed by atoms with Crippen molar-refractivity contribution in [2.75, 3.05) is 17.7 Å². The van der Waals surface area contributed by atoms with Crippen molar-refractivity contribution in [3.8, 4) is 0 Å². The Morgan fingerprint density at radius 1 is 1.44 bits per heavy atom. The summed E-state index contributed by atoms with van der Waals surface area (Å²) in [4.78, 5) is 11.8. The van der Waals surface area contributed by atoms with Gasteiger partial charge in [0.15, 0.2) is 0 Å². The number of nitrogens with two attached hydrogens (primary N) is 1. The average Bonchev–Trinajstić information content (AvgIpc) is 2.29. The Bertz CT molecular complexity index is 337. The highest BCUT2D eigenvalue weighted by atomic mass is 32.2. The molecule has 0 fully saturated rings. The zero-order valence-electron chi connectivity index (χ0n) is 9.69. The third-order valence-electron chi connectivity index (χ3n) is 2.37. The first-order valence-corrected chi connectivity index (χ1v) is 6.72. The monoisotopic (exact) mass is 238 g/mol. The number of carbonyl (C=O) groups is 1. The molecule has 0 spiro atoms. The molecule has 1 atom stereocenters. The quantitative estimate of drug-likeness (QED) is 0.773. The number of nitrogens with one attached hydrogen (secondary N) is 1. The van der Waals surface area contributed by atoms with Crippen molar-refractivity contribution in [2.24, 2.45) is 0 Å². The van der Waals surface area contributed by atoms with E-state index < -0.39 is 0 Å². The molecule has 0 saturated heterocycles. The summed E-state index contributed by atoms with van der Waals surface area (Å²) in [5.41, 5.74) is 6.90. The Balaban J connectivity index is 2.60. The number of hydrogen-bond donors (Lipinski definition) is 2. The smallest absolute Gasteiger partial charge is 0.251 e. The number of carbonyl (C=O) groups excluding carboxylic acids is 1. The van der Waals surface area contributed by atoms with E-state index in [2.05, 4.69) is 12.2 Å². The molecule has 1 aromatic rings. The molecular formula is C12H18N2OS. The molecule has 0 aromatic heterocycles. The van der Waals surface area contributed by atoms with Crippen LogP contribution >= 0.6 is 11.8 Å². The third-order valence-corrected chi connectivity index (χ3v) is 3.10. The minimum Gasteiger partial charge on any atom is -0.399 e. The van der Waals surface area contributed by atoms with Gasteiger partial charge < -0.3 is 11.1 Å². The van der Waals surface area contributed by atoms with Gasteiger partial charge in [0, 0.05) is 23.0 Å². The first-order valence-electron chi connectivity index (χ1n) is 5.32. The summed E-state index contributed by atoms with van der Waals surface area (Å²) >= 11 is 1.74. The van der Waals surface area contributed by atoms with Crippen molar-refractivity contribution in [1.82, 2.24) is 5.32 Å². The third kappa shape index (κ3) is 3.77. The van der Waals surface area contributed by atoms with Crippen LogP contribution in [0.25, 0.3) is 0 Å². The van der Waals surface area contributed by atoms with Gasteiger partial charge in [0.2, 0.25) is 0 Å². The second kappa shape index (κ2) is 6.43. The zero-order valence-corrected chi connectivity index (χ0v) is 10.5. The van der Waals surface area contributed by atoms with Crippen LogP contribution in [-0.2, 0) is 0 Å². The van der Waals surface area contributed by atoms with Crippen LogP contribution in [0.4, 0.5) is 5.69 Å². The topological polar surface area (TPSA) is 55.1 Å². The second-order valence-electron chi connectivity index (χ2n) is 3.66. The van der Waals surface area contributed by atoms with Crippen molar-refractivity contribution in [1.29, 1.82) is 0 Å². The Labute approximate surface area is 101 Å². The summed E-state index contributed by atoms with van der Waals surface area (Å²) < 4.78 is 0. The minimum absolute atomic E-state index is 0.0269. The van der Waals surface area contributed by atoms with Crippen molar-refractivity contribution in [3.05, 3.63) is 29.8 Å². The minimum atomic E-state index is -0.0269. The van der Waals surface area contributed by atoms with Crippen LogP contribution in [0.15, 0.2) is 24.3 Å². The average molecular weight is 238 g/mol. The first-order chi connectivity index (χ1) is 7.67. The molecule has 4 heteroatoms. The highest BCUT2D eigenvalue weighted by Gasteiger charge is 2.11. The second-order valence-corrected chi connectivity index (χ2v) is 4.57. The molecular weight excluding hydrogens is 220 g/mol. The van der Waals surface area contributed by atoms with E-state index in [1.54, 1.807) is 36.0 Å². The molecule has 1 aromatic carbocycles. The fraction of sp³-hybridized carbons (Fsp3) is 0.417. The maximum Gasteiger partial charge on any atom is 0.251 e. The number of thioether (sulfide) groups is 1. The molecule has 3 nitrogen and oxygen atoms in total. The lowest BCUT2D eigenvalue weighted by Crippen LogP contribution is -2.36. The number of benzene rings is 1. The fourth-order valence-electron chi connectivity index (χ4n) is 1.37. The van der Waals surface area contributed by atoms with Gasteiger partial charge in [0.05, 0.1) is 0 Å². The maximum absolute atomic E-state index is 11.8. The number of anilines is 1. The van der Waals surface area contributed by atoms with Gasteiger partial charge in [0.25, 0.3) is 5.91 Å². The predicted octanol–water partition coefficient (Wildman–Crippen LogP) is 2.14. The van der Waals surface area contributed by atoms with Gasteiger partial charge in [-0.15, -0.1) is 0 Å². The molecule has 1 rings (SSSR count). The Morgan fingerprint density at radius 2 is 2.06 bits per heavy atom. The van der Waals surface area contributed by atoms with Crippen LogP contribution in [0, 0.1) is 0 Å². The number of rotatable bonds is 5. The Kier molecular flexibility index (Phi) is 5.19. The molecule has 0 radical (unpaired) electrons. The molecule has 0 heterocycles. The molecule has 16 heavy (non-hydrogen) atoms. The van der Waals surface area contributed by atoms with E-state index >= 15 is 0 Å². The van der Waals surface area contributed by atoms with Gasteiger partial charge in [-0.2, -0.15) is 11.8 Å². The van der Waals surface area contributed by atoms with E-state index in [1.165, 1.54) is 0 Å². The van der Waals surface area contributed by atoms with Gasteiger partial charge in [-0.1, -0.05) is 6.92 Å². The number of amides is 1. The van der Waals surface area contributed by atoms with Crippen LogP contribution in [0.5, 0.6) is 0 Å². The normalized spacial score (nSPS) is 12.1. The zero-order chi connectivity index (χ0) is 12.0. The van der Waals surface area contributed by atoms with Crippen LogP contribution in [0.3, 0.4) is 0 Å². The molecule has 0 bridgehead atoms. The summed E-state index contributed by atoms with van der Waals surface area (Å²) in [7, 11) is 0. The van der Waals surface area contributed by atoms with Crippen molar-refractivity contribution >= 4 is 23.4 Å². The SMILES string of the molecule is CCC(CSC)NC(=O)c1ccc(N)cc1. The summed E-state index contributed by atoms with van der Waals surface area (Å²) in [5.74, 6) is 0.915. The predicted molar refractivity (Wildman–Crippen MR) is 70.8 cm³/mol. The molecule has 0 aliphatic heterocycles. The summed E-state index contributed by atoms with van der Waals surface area (Å²) in [6.45, 7) is 2.07. The fourth-order valence-corrected chi connectivity index (χ4v) is 2.09. The van der Waals surface area contributed by atoms with E-state index in [4.69, 9.17) is 5.73 Å². The summed E-state index contributed by atoms with van der Waals surface area (Å²) in [5, 5.41) is 3.00. The van der Waals surface area contributed by atoms with Crippen LogP contribution in [0.1, 0.15) is 23.7 Å². The highest BCUT2D eigenvalue weighted by molar-refractivity contribution is 7.98. The molecule has 0 aliphatic carbocycles.